The van der Waals surface area contributed by atoms with Gasteiger partial charge in [-0.2, -0.15) is 8.42 Å². The molecule has 1 amide bonds. The highest BCUT2D eigenvalue weighted by atomic mass is 32.2. The van der Waals surface area contributed by atoms with E-state index < -0.39 is 39.9 Å². The van der Waals surface area contributed by atoms with Crippen molar-refractivity contribution in [3.8, 4) is 11.6 Å². The number of halogens is 1. The monoisotopic (exact) mass is 397 g/mol. The molecule has 0 atom stereocenters. The number of carbonyl (C=O) groups is 1. The van der Waals surface area contributed by atoms with Crippen molar-refractivity contribution < 1.29 is 27.4 Å². The molecule has 0 aliphatic carbocycles. The third-order valence-electron chi connectivity index (χ3n) is 4.02. The summed E-state index contributed by atoms with van der Waals surface area (Å²) in [5, 5.41) is 10.4. The van der Waals surface area contributed by atoms with Crippen LogP contribution in [0.25, 0.3) is 10.9 Å². The van der Waals surface area contributed by atoms with Gasteiger partial charge in [-0.05, 0) is 24.0 Å². The number of nitrogens with one attached hydrogen (secondary N) is 1. The minimum atomic E-state index is -4.27. The Kier molecular flexibility index (Phi) is 4.62. The van der Waals surface area contributed by atoms with Crippen molar-refractivity contribution in [3.05, 3.63) is 24.0 Å². The molecule has 1 aliphatic rings. The van der Waals surface area contributed by atoms with Crippen LogP contribution in [0.15, 0.2) is 18.2 Å². The summed E-state index contributed by atoms with van der Waals surface area (Å²) >= 11 is 0. The Balaban J connectivity index is 2.00. The van der Waals surface area contributed by atoms with Crippen molar-refractivity contribution in [1.82, 2.24) is 9.71 Å². The lowest BCUT2D eigenvalue weighted by molar-refractivity contribution is -0.117. The van der Waals surface area contributed by atoms with Crippen molar-refractivity contribution in [2.75, 3.05) is 17.5 Å². The molecule has 2 heterocycles. The summed E-state index contributed by atoms with van der Waals surface area (Å²) in [5.74, 6) is -2.29. The fourth-order valence-corrected chi connectivity index (χ4v) is 3.77. The first-order chi connectivity index (χ1) is 12.5. The fourth-order valence-electron chi connectivity index (χ4n) is 2.61. The van der Waals surface area contributed by atoms with Crippen LogP contribution in [0.3, 0.4) is 0 Å². The van der Waals surface area contributed by atoms with E-state index in [1.165, 1.54) is 12.1 Å². The fraction of sp³-hybridized carbons (Fsp3) is 0.412. The smallest absolute Gasteiger partial charge is 0.326 e. The van der Waals surface area contributed by atoms with Gasteiger partial charge in [-0.25, -0.2) is 18.4 Å². The first-order valence-corrected chi connectivity index (χ1v) is 9.70. The molecule has 3 rings (SSSR count). The van der Waals surface area contributed by atoms with Gasteiger partial charge in [-0.1, -0.05) is 20.8 Å². The Bertz CT molecular complexity index is 1020. The van der Waals surface area contributed by atoms with Gasteiger partial charge in [-0.3, -0.25) is 4.79 Å². The number of pyridine rings is 1. The molecular formula is C17H20FN3O5S. The molecule has 1 aromatic heterocycles. The number of aromatic nitrogens is 1. The van der Waals surface area contributed by atoms with Gasteiger partial charge >= 0.3 is 10.2 Å². The van der Waals surface area contributed by atoms with E-state index in [9.17, 15) is 18.3 Å². The molecule has 1 aromatic carbocycles. The lowest BCUT2D eigenvalue weighted by Crippen LogP contribution is -2.30. The lowest BCUT2D eigenvalue weighted by atomic mass is 9.93. The molecule has 27 heavy (non-hydrogen) atoms. The average molecular weight is 397 g/mol. The zero-order valence-corrected chi connectivity index (χ0v) is 15.9. The van der Waals surface area contributed by atoms with E-state index in [1.54, 1.807) is 10.8 Å². The number of ether oxygens (including phenoxy) is 1. The highest BCUT2D eigenvalue weighted by Crippen LogP contribution is 2.38. The Morgan fingerprint density at radius 2 is 2.07 bits per heavy atom. The molecule has 1 fully saturated rings. The highest BCUT2D eigenvalue weighted by Gasteiger charge is 2.38. The molecule has 2 aromatic rings. The number of anilines is 1. The van der Waals surface area contributed by atoms with E-state index >= 15 is 4.39 Å². The van der Waals surface area contributed by atoms with Gasteiger partial charge in [0.25, 0.3) is 5.91 Å². The quantitative estimate of drug-likeness (QED) is 0.818. The number of hydrogen-bond acceptors (Lipinski definition) is 6. The van der Waals surface area contributed by atoms with Crippen LogP contribution in [0.2, 0.25) is 0 Å². The zero-order valence-electron chi connectivity index (χ0n) is 15.1. The Labute approximate surface area is 156 Å². The first-order valence-electron chi connectivity index (χ1n) is 8.26. The number of hydrogen-bond donors (Lipinski definition) is 2. The van der Waals surface area contributed by atoms with Crippen LogP contribution < -0.4 is 13.8 Å². The molecule has 8 nitrogen and oxygen atoms in total. The molecule has 146 valence electrons. The lowest BCUT2D eigenvalue weighted by Gasteiger charge is -2.19. The van der Waals surface area contributed by atoms with Crippen LogP contribution in [0.1, 0.15) is 27.2 Å². The normalized spacial score (nSPS) is 16.6. The number of phenolic OH excluding ortho intramolecular Hbond substituents is 1. The summed E-state index contributed by atoms with van der Waals surface area (Å²) in [6, 6.07) is 4.25. The topological polar surface area (TPSA) is 109 Å². The molecule has 10 heteroatoms. The molecule has 0 radical (unpaired) electrons. The number of carbonyl (C=O) groups excluding carboxylic acids is 1. The molecule has 1 saturated heterocycles. The van der Waals surface area contributed by atoms with Crippen molar-refractivity contribution in [1.29, 1.82) is 0 Å². The van der Waals surface area contributed by atoms with E-state index in [0.29, 0.717) is 10.9 Å². The molecule has 2 N–H and O–H groups in total. The number of phenols is 1. The van der Waals surface area contributed by atoms with Crippen LogP contribution in [0, 0.1) is 11.2 Å². The number of nitrogens with zero attached hydrogens (tertiary/aromatic N) is 2. The summed E-state index contributed by atoms with van der Waals surface area (Å²) in [6.45, 7) is 5.94. The molecule has 0 spiro atoms. The maximum absolute atomic E-state index is 15.0. The standard InChI is InChI=1S/C17H20FN3O5S/c1-17(2,3)6-7-26-13-5-4-10-8-11(22)16(14(18)15(10)19-13)21-9-12(23)20-27(21,24)25/h4-5,8,22H,6-7,9H2,1-3H3,(H,20,23). The number of aromatic hydroxyl groups is 1. The van der Waals surface area contributed by atoms with Crippen molar-refractivity contribution in [3.63, 3.8) is 0 Å². The van der Waals surface area contributed by atoms with Crippen LogP contribution in [-0.4, -0.2) is 37.6 Å². The van der Waals surface area contributed by atoms with Crippen LogP contribution in [0.5, 0.6) is 11.6 Å². The minimum Gasteiger partial charge on any atom is -0.506 e. The summed E-state index contributed by atoms with van der Waals surface area (Å²) in [6.07, 6.45) is 0.760. The van der Waals surface area contributed by atoms with Gasteiger partial charge in [0.1, 0.15) is 23.5 Å². The molecular weight excluding hydrogens is 377 g/mol. The zero-order chi connectivity index (χ0) is 20.0. The van der Waals surface area contributed by atoms with Crippen molar-refractivity contribution in [2.24, 2.45) is 5.41 Å². The summed E-state index contributed by atoms with van der Waals surface area (Å²) in [7, 11) is -4.27. The van der Waals surface area contributed by atoms with Crippen LogP contribution in [0.4, 0.5) is 10.1 Å². The van der Waals surface area contributed by atoms with E-state index in [1.807, 2.05) is 0 Å². The van der Waals surface area contributed by atoms with E-state index in [-0.39, 0.29) is 22.2 Å². The molecule has 0 unspecified atom stereocenters. The first kappa shape index (κ1) is 19.2. The van der Waals surface area contributed by atoms with Crippen LogP contribution >= 0.6 is 0 Å². The maximum atomic E-state index is 15.0. The SMILES string of the molecule is CC(C)(C)CCOc1ccc2cc(O)c(N3CC(=O)NS3(=O)=O)c(F)c2n1. The minimum absolute atomic E-state index is 0.0602. The third-order valence-corrected chi connectivity index (χ3v) is 5.40. The van der Waals surface area contributed by atoms with E-state index in [2.05, 4.69) is 25.8 Å². The van der Waals surface area contributed by atoms with Crippen LogP contribution in [-0.2, 0) is 15.0 Å². The Morgan fingerprint density at radius 1 is 1.37 bits per heavy atom. The van der Waals surface area contributed by atoms with Crippen molar-refractivity contribution >= 4 is 32.7 Å². The predicted octanol–water partition coefficient (Wildman–Crippen LogP) is 2.08. The number of amides is 1. The summed E-state index contributed by atoms with van der Waals surface area (Å²) in [5.41, 5.74) is -0.726. The summed E-state index contributed by atoms with van der Waals surface area (Å²) in [4.78, 5) is 15.5. The number of rotatable bonds is 4. The Hall–Kier alpha value is -2.62. The largest absolute Gasteiger partial charge is 0.506 e. The molecule has 1 aliphatic heterocycles. The third kappa shape index (κ3) is 3.90. The summed E-state index contributed by atoms with van der Waals surface area (Å²) < 4.78 is 46.8. The number of benzene rings is 1. The van der Waals surface area contributed by atoms with Gasteiger partial charge in [0.15, 0.2) is 5.82 Å². The molecule has 0 bridgehead atoms. The second-order valence-corrected chi connectivity index (χ2v) is 9.07. The number of fused-ring (bicyclic) bond motifs is 1. The average Bonchev–Trinajstić information content (AvgIpc) is 2.79. The van der Waals surface area contributed by atoms with E-state index in [4.69, 9.17) is 4.74 Å². The predicted molar refractivity (Wildman–Crippen MR) is 97.3 cm³/mol. The molecule has 0 saturated carbocycles. The second kappa shape index (κ2) is 6.52. The van der Waals surface area contributed by atoms with Gasteiger partial charge in [0, 0.05) is 11.5 Å². The highest BCUT2D eigenvalue weighted by molar-refractivity contribution is 7.92. The van der Waals surface area contributed by atoms with Crippen molar-refractivity contribution in [2.45, 2.75) is 27.2 Å². The maximum Gasteiger partial charge on any atom is 0.326 e. The second-order valence-electron chi connectivity index (χ2n) is 7.48. The van der Waals surface area contributed by atoms with Gasteiger partial charge in [0.05, 0.1) is 6.61 Å². The van der Waals surface area contributed by atoms with Gasteiger partial charge < -0.3 is 9.84 Å². The van der Waals surface area contributed by atoms with E-state index in [0.717, 1.165) is 6.42 Å². The van der Waals surface area contributed by atoms with Gasteiger partial charge in [0.2, 0.25) is 5.88 Å². The van der Waals surface area contributed by atoms with Gasteiger partial charge in [-0.15, -0.1) is 0 Å². The Morgan fingerprint density at radius 3 is 2.67 bits per heavy atom.